The van der Waals surface area contributed by atoms with Gasteiger partial charge < -0.3 is 4.90 Å². The molecule has 1 amide bonds. The Kier molecular flexibility index (Phi) is 6.42. The van der Waals surface area contributed by atoms with Gasteiger partial charge in [-0.15, -0.1) is 0 Å². The van der Waals surface area contributed by atoms with E-state index < -0.39 is 11.7 Å². The first-order chi connectivity index (χ1) is 12.9. The maximum Gasteiger partial charge on any atom is 0.416 e. The average Bonchev–Trinajstić information content (AvgIpc) is 3.15. The third kappa shape index (κ3) is 5.02. The maximum atomic E-state index is 13.1. The standard InChI is InChI=1S/C20H28F3N3O/c1-2-16-12-18(25-24-16)19(27)26-11-5-6-14(13-26)9-10-15-7-3-4-8-17(15)20(21,22)23/h3-4,7-8,14,16,18,24-25H,2,5-6,9-13H2,1H3. The van der Waals surface area contributed by atoms with Crippen LogP contribution in [0.25, 0.3) is 0 Å². The van der Waals surface area contributed by atoms with E-state index in [1.165, 1.54) is 6.07 Å². The molecule has 0 radical (unpaired) electrons. The molecule has 150 valence electrons. The summed E-state index contributed by atoms with van der Waals surface area (Å²) in [7, 11) is 0. The molecule has 0 aliphatic carbocycles. The van der Waals surface area contributed by atoms with E-state index in [4.69, 9.17) is 0 Å². The van der Waals surface area contributed by atoms with E-state index in [0.717, 1.165) is 38.3 Å². The van der Waals surface area contributed by atoms with Crippen LogP contribution >= 0.6 is 0 Å². The third-order valence-electron chi connectivity index (χ3n) is 5.75. The van der Waals surface area contributed by atoms with Crippen LogP contribution in [0.3, 0.4) is 0 Å². The molecule has 0 aromatic heterocycles. The molecule has 1 aromatic rings. The molecule has 2 saturated heterocycles. The fourth-order valence-electron chi connectivity index (χ4n) is 4.15. The summed E-state index contributed by atoms with van der Waals surface area (Å²) in [5.41, 5.74) is 6.04. The molecular weight excluding hydrogens is 355 g/mol. The highest BCUT2D eigenvalue weighted by molar-refractivity contribution is 5.82. The highest BCUT2D eigenvalue weighted by Crippen LogP contribution is 2.33. The van der Waals surface area contributed by atoms with Crippen molar-refractivity contribution in [1.82, 2.24) is 15.8 Å². The molecule has 2 fully saturated rings. The number of rotatable bonds is 5. The predicted octanol–water partition coefficient (Wildman–Crippen LogP) is 3.52. The third-order valence-corrected chi connectivity index (χ3v) is 5.75. The lowest BCUT2D eigenvalue weighted by molar-refractivity contribution is -0.138. The number of alkyl halides is 3. The van der Waals surface area contributed by atoms with Crippen molar-refractivity contribution in [2.45, 2.75) is 63.7 Å². The second kappa shape index (κ2) is 8.61. The normalized spacial score (nSPS) is 26.4. The Labute approximate surface area is 158 Å². The lowest BCUT2D eigenvalue weighted by Crippen LogP contribution is -2.49. The summed E-state index contributed by atoms with van der Waals surface area (Å²) >= 11 is 0. The summed E-state index contributed by atoms with van der Waals surface area (Å²) in [4.78, 5) is 14.6. The number of carbonyl (C=O) groups excluding carboxylic acids is 1. The quantitative estimate of drug-likeness (QED) is 0.818. The maximum absolute atomic E-state index is 13.1. The highest BCUT2D eigenvalue weighted by Gasteiger charge is 2.35. The Morgan fingerprint density at radius 2 is 2.04 bits per heavy atom. The number of hydrazine groups is 1. The molecule has 0 saturated carbocycles. The minimum atomic E-state index is -4.32. The van der Waals surface area contributed by atoms with Crippen molar-refractivity contribution in [1.29, 1.82) is 0 Å². The number of carbonyl (C=O) groups is 1. The van der Waals surface area contributed by atoms with E-state index in [9.17, 15) is 18.0 Å². The van der Waals surface area contributed by atoms with Crippen molar-refractivity contribution in [3.63, 3.8) is 0 Å². The summed E-state index contributed by atoms with van der Waals surface area (Å²) in [6, 6.07) is 5.92. The molecule has 0 spiro atoms. The fraction of sp³-hybridized carbons (Fsp3) is 0.650. The van der Waals surface area contributed by atoms with Crippen LogP contribution in [0.1, 0.15) is 50.2 Å². The van der Waals surface area contributed by atoms with Gasteiger partial charge in [0.15, 0.2) is 0 Å². The van der Waals surface area contributed by atoms with Crippen molar-refractivity contribution in [2.24, 2.45) is 5.92 Å². The number of piperidine rings is 1. The summed E-state index contributed by atoms with van der Waals surface area (Å²) in [6.07, 6.45) is 0.379. The van der Waals surface area contributed by atoms with Gasteiger partial charge in [0.25, 0.3) is 0 Å². The van der Waals surface area contributed by atoms with Gasteiger partial charge in [0.1, 0.15) is 6.04 Å². The Morgan fingerprint density at radius 1 is 1.26 bits per heavy atom. The molecule has 3 unspecified atom stereocenters. The van der Waals surface area contributed by atoms with Crippen LogP contribution in [0.2, 0.25) is 0 Å². The van der Waals surface area contributed by atoms with Gasteiger partial charge in [0.2, 0.25) is 5.91 Å². The molecule has 7 heteroatoms. The fourth-order valence-corrected chi connectivity index (χ4v) is 4.15. The predicted molar refractivity (Wildman–Crippen MR) is 97.8 cm³/mol. The lowest BCUT2D eigenvalue weighted by atomic mass is 9.90. The molecule has 2 aliphatic rings. The van der Waals surface area contributed by atoms with E-state index >= 15 is 0 Å². The summed E-state index contributed by atoms with van der Waals surface area (Å²) in [5.74, 6) is 0.360. The van der Waals surface area contributed by atoms with Gasteiger partial charge in [0, 0.05) is 19.1 Å². The summed E-state index contributed by atoms with van der Waals surface area (Å²) in [6.45, 7) is 3.47. The monoisotopic (exact) mass is 383 g/mol. The molecule has 4 nitrogen and oxygen atoms in total. The van der Waals surface area contributed by atoms with E-state index in [1.54, 1.807) is 12.1 Å². The number of amides is 1. The minimum absolute atomic E-state index is 0.110. The largest absolute Gasteiger partial charge is 0.416 e. The first kappa shape index (κ1) is 20.1. The molecule has 27 heavy (non-hydrogen) atoms. The Bertz CT molecular complexity index is 650. The molecule has 0 bridgehead atoms. The van der Waals surface area contributed by atoms with Crippen LogP contribution in [-0.4, -0.2) is 36.0 Å². The van der Waals surface area contributed by atoms with Crippen LogP contribution in [0.5, 0.6) is 0 Å². The van der Waals surface area contributed by atoms with Crippen molar-refractivity contribution < 1.29 is 18.0 Å². The molecular formula is C20H28F3N3O. The number of benzene rings is 1. The van der Waals surface area contributed by atoms with Gasteiger partial charge in [-0.3, -0.25) is 10.2 Å². The SMILES string of the molecule is CCC1CC(C(=O)N2CCCC(CCc3ccccc3C(F)(F)F)C2)NN1. The van der Waals surface area contributed by atoms with Crippen LogP contribution in [0.4, 0.5) is 13.2 Å². The topological polar surface area (TPSA) is 44.4 Å². The Morgan fingerprint density at radius 3 is 2.74 bits per heavy atom. The zero-order valence-corrected chi connectivity index (χ0v) is 15.7. The second-order valence-corrected chi connectivity index (χ2v) is 7.67. The number of hydrogen-bond donors (Lipinski definition) is 2. The molecule has 1 aromatic carbocycles. The van der Waals surface area contributed by atoms with Gasteiger partial charge >= 0.3 is 6.18 Å². The Balaban J connectivity index is 1.56. The lowest BCUT2D eigenvalue weighted by Gasteiger charge is -2.34. The van der Waals surface area contributed by atoms with Gasteiger partial charge in [-0.05, 0) is 56.1 Å². The van der Waals surface area contributed by atoms with Crippen molar-refractivity contribution in [3.8, 4) is 0 Å². The van der Waals surface area contributed by atoms with E-state index in [2.05, 4.69) is 17.8 Å². The number of hydrogen-bond acceptors (Lipinski definition) is 3. The van der Waals surface area contributed by atoms with Crippen molar-refractivity contribution in [2.75, 3.05) is 13.1 Å². The van der Waals surface area contributed by atoms with Crippen LogP contribution in [-0.2, 0) is 17.4 Å². The molecule has 3 rings (SSSR count). The zero-order chi connectivity index (χ0) is 19.4. The van der Waals surface area contributed by atoms with Crippen LogP contribution < -0.4 is 10.9 Å². The van der Waals surface area contributed by atoms with Gasteiger partial charge in [-0.25, -0.2) is 5.43 Å². The highest BCUT2D eigenvalue weighted by atomic mass is 19.4. The number of aryl methyl sites for hydroxylation is 1. The molecule has 2 aliphatic heterocycles. The summed E-state index contributed by atoms with van der Waals surface area (Å²) < 4.78 is 39.4. The molecule has 2 N–H and O–H groups in total. The minimum Gasteiger partial charge on any atom is -0.341 e. The van der Waals surface area contributed by atoms with Crippen LogP contribution in [0.15, 0.2) is 24.3 Å². The molecule has 2 heterocycles. The Hall–Kier alpha value is -1.60. The van der Waals surface area contributed by atoms with Crippen LogP contribution in [0, 0.1) is 5.92 Å². The van der Waals surface area contributed by atoms with Crippen molar-refractivity contribution in [3.05, 3.63) is 35.4 Å². The second-order valence-electron chi connectivity index (χ2n) is 7.67. The number of nitrogens with one attached hydrogen (secondary N) is 2. The van der Waals surface area contributed by atoms with E-state index in [0.29, 0.717) is 31.0 Å². The smallest absolute Gasteiger partial charge is 0.341 e. The van der Waals surface area contributed by atoms with E-state index in [-0.39, 0.29) is 17.9 Å². The average molecular weight is 383 g/mol. The van der Waals surface area contributed by atoms with Gasteiger partial charge in [-0.1, -0.05) is 25.1 Å². The van der Waals surface area contributed by atoms with E-state index in [1.807, 2.05) is 4.90 Å². The number of nitrogens with zero attached hydrogens (tertiary/aromatic N) is 1. The van der Waals surface area contributed by atoms with Gasteiger partial charge in [-0.2, -0.15) is 13.2 Å². The number of likely N-dealkylation sites (tertiary alicyclic amines) is 1. The summed E-state index contributed by atoms with van der Waals surface area (Å²) in [5, 5.41) is 0. The van der Waals surface area contributed by atoms with Crippen molar-refractivity contribution >= 4 is 5.91 Å². The first-order valence-corrected chi connectivity index (χ1v) is 9.83. The zero-order valence-electron chi connectivity index (χ0n) is 15.7. The first-order valence-electron chi connectivity index (χ1n) is 9.83. The molecule has 3 atom stereocenters. The van der Waals surface area contributed by atoms with Gasteiger partial charge in [0.05, 0.1) is 5.56 Å². The number of halogens is 3.